The molecule has 0 amide bonds. The summed E-state index contributed by atoms with van der Waals surface area (Å²) in [6, 6.07) is 5.85. The third-order valence-corrected chi connectivity index (χ3v) is 5.20. The second-order valence-corrected chi connectivity index (χ2v) is 6.45. The van der Waals surface area contributed by atoms with Gasteiger partial charge >= 0.3 is 0 Å². The Morgan fingerprint density at radius 1 is 1.15 bits per heavy atom. The molecular weight excluding hydrogens is 319 g/mol. The van der Waals surface area contributed by atoms with Crippen LogP contribution in [-0.4, -0.2) is 37.1 Å². The van der Waals surface area contributed by atoms with E-state index in [1.807, 2.05) is 6.07 Å². The van der Waals surface area contributed by atoms with E-state index >= 15 is 0 Å². The Morgan fingerprint density at radius 2 is 1.95 bits per heavy atom. The average Bonchev–Trinajstić information content (AvgIpc) is 2.97. The molecule has 2 nitrogen and oxygen atoms in total. The Balaban J connectivity index is 1.70. The number of piperidine rings is 1. The van der Waals surface area contributed by atoms with Crippen LogP contribution >= 0.6 is 15.9 Å². The van der Waals surface area contributed by atoms with Gasteiger partial charge in [0.15, 0.2) is 0 Å². The van der Waals surface area contributed by atoms with Crippen LogP contribution in [0.4, 0.5) is 10.1 Å². The molecule has 1 unspecified atom stereocenters. The van der Waals surface area contributed by atoms with Crippen molar-refractivity contribution in [2.45, 2.75) is 37.1 Å². The maximum Gasteiger partial charge on any atom is 0.123 e. The number of hydrogen-bond acceptors (Lipinski definition) is 2. The molecule has 0 radical (unpaired) electrons. The fourth-order valence-corrected chi connectivity index (χ4v) is 3.96. The SMILES string of the molecule is Fc1ccc(N2CCC(N3CCCCC3)C2)c(CBr)c1. The molecule has 1 aromatic carbocycles. The lowest BCUT2D eigenvalue weighted by Gasteiger charge is -2.32. The maximum atomic E-state index is 13.3. The van der Waals surface area contributed by atoms with E-state index in [4.69, 9.17) is 0 Å². The minimum atomic E-state index is -0.144. The topological polar surface area (TPSA) is 6.48 Å². The summed E-state index contributed by atoms with van der Waals surface area (Å²) < 4.78 is 13.3. The van der Waals surface area contributed by atoms with Gasteiger partial charge in [-0.1, -0.05) is 22.4 Å². The zero-order valence-corrected chi connectivity index (χ0v) is 13.4. The molecule has 3 rings (SSSR count). The van der Waals surface area contributed by atoms with Crippen molar-refractivity contribution < 1.29 is 4.39 Å². The van der Waals surface area contributed by atoms with Gasteiger partial charge in [-0.2, -0.15) is 0 Å². The summed E-state index contributed by atoms with van der Waals surface area (Å²) in [5.41, 5.74) is 2.26. The van der Waals surface area contributed by atoms with Gasteiger partial charge in [-0.3, -0.25) is 4.90 Å². The van der Waals surface area contributed by atoms with Gasteiger partial charge in [0.1, 0.15) is 5.82 Å². The second-order valence-electron chi connectivity index (χ2n) is 5.89. The van der Waals surface area contributed by atoms with Crippen molar-refractivity contribution in [1.82, 2.24) is 4.90 Å². The smallest absolute Gasteiger partial charge is 0.123 e. The van der Waals surface area contributed by atoms with E-state index in [0.717, 1.165) is 18.7 Å². The minimum absolute atomic E-state index is 0.144. The number of halogens is 2. The Morgan fingerprint density at radius 3 is 2.70 bits per heavy atom. The van der Waals surface area contributed by atoms with Crippen LogP contribution in [0.3, 0.4) is 0 Å². The van der Waals surface area contributed by atoms with Crippen molar-refractivity contribution in [3.8, 4) is 0 Å². The molecule has 0 spiro atoms. The molecule has 1 aromatic rings. The summed E-state index contributed by atoms with van der Waals surface area (Å²) in [7, 11) is 0. The van der Waals surface area contributed by atoms with E-state index in [9.17, 15) is 4.39 Å². The van der Waals surface area contributed by atoms with Gasteiger partial charge in [0, 0.05) is 30.1 Å². The van der Waals surface area contributed by atoms with Crippen LogP contribution in [0, 0.1) is 5.82 Å². The van der Waals surface area contributed by atoms with Crippen LogP contribution < -0.4 is 4.90 Å². The van der Waals surface area contributed by atoms with Gasteiger partial charge in [0.25, 0.3) is 0 Å². The van der Waals surface area contributed by atoms with Gasteiger partial charge in [-0.15, -0.1) is 0 Å². The summed E-state index contributed by atoms with van der Waals surface area (Å²) in [4.78, 5) is 5.08. The van der Waals surface area contributed by atoms with Crippen molar-refractivity contribution in [2.24, 2.45) is 0 Å². The highest BCUT2D eigenvalue weighted by Gasteiger charge is 2.29. The molecule has 2 fully saturated rings. The fraction of sp³-hybridized carbons (Fsp3) is 0.625. The van der Waals surface area contributed by atoms with Gasteiger partial charge in [-0.05, 0) is 56.1 Å². The molecule has 0 aliphatic carbocycles. The first kappa shape index (κ1) is 14.3. The zero-order chi connectivity index (χ0) is 13.9. The van der Waals surface area contributed by atoms with Gasteiger partial charge in [0.05, 0.1) is 0 Å². The predicted octanol–water partition coefficient (Wildman–Crippen LogP) is 3.79. The standard InChI is InChI=1S/C16H22BrFN2/c17-11-13-10-14(18)4-5-16(13)20-9-6-15(12-20)19-7-2-1-3-8-19/h4-5,10,15H,1-3,6-9,11-12H2. The molecule has 20 heavy (non-hydrogen) atoms. The van der Waals surface area contributed by atoms with E-state index in [0.29, 0.717) is 11.4 Å². The van der Waals surface area contributed by atoms with E-state index in [2.05, 4.69) is 25.7 Å². The Bertz CT molecular complexity index is 460. The van der Waals surface area contributed by atoms with Crippen molar-refractivity contribution >= 4 is 21.6 Å². The zero-order valence-electron chi connectivity index (χ0n) is 11.8. The van der Waals surface area contributed by atoms with Crippen LogP contribution in [-0.2, 0) is 5.33 Å². The van der Waals surface area contributed by atoms with Crippen molar-refractivity contribution in [1.29, 1.82) is 0 Å². The van der Waals surface area contributed by atoms with Gasteiger partial charge in [-0.25, -0.2) is 4.39 Å². The molecule has 2 heterocycles. The molecule has 4 heteroatoms. The average molecular weight is 341 g/mol. The van der Waals surface area contributed by atoms with Crippen LogP contribution in [0.2, 0.25) is 0 Å². The van der Waals surface area contributed by atoms with Gasteiger partial charge < -0.3 is 4.90 Å². The molecule has 0 N–H and O–H groups in total. The lowest BCUT2D eigenvalue weighted by atomic mass is 10.1. The van der Waals surface area contributed by atoms with Crippen molar-refractivity contribution in [3.05, 3.63) is 29.6 Å². The largest absolute Gasteiger partial charge is 0.370 e. The third kappa shape index (κ3) is 3.01. The molecule has 2 aliphatic heterocycles. The maximum absolute atomic E-state index is 13.3. The molecule has 1 atom stereocenters. The molecule has 110 valence electrons. The number of hydrogen-bond donors (Lipinski definition) is 0. The minimum Gasteiger partial charge on any atom is -0.370 e. The first-order valence-corrected chi connectivity index (χ1v) is 8.73. The van der Waals surface area contributed by atoms with E-state index < -0.39 is 0 Å². The lowest BCUT2D eigenvalue weighted by Crippen LogP contribution is -2.40. The number of rotatable bonds is 3. The highest BCUT2D eigenvalue weighted by Crippen LogP contribution is 2.29. The first-order valence-electron chi connectivity index (χ1n) is 7.61. The van der Waals surface area contributed by atoms with Crippen LogP contribution in [0.25, 0.3) is 0 Å². The summed E-state index contributed by atoms with van der Waals surface area (Å²) in [6.07, 6.45) is 5.32. The van der Waals surface area contributed by atoms with Crippen LogP contribution in [0.5, 0.6) is 0 Å². The third-order valence-electron chi connectivity index (χ3n) is 4.60. The van der Waals surface area contributed by atoms with Crippen molar-refractivity contribution in [2.75, 3.05) is 31.1 Å². The Hall–Kier alpha value is -0.610. The highest BCUT2D eigenvalue weighted by molar-refractivity contribution is 9.08. The number of nitrogens with zero attached hydrogens (tertiary/aromatic N) is 2. The molecule has 2 aliphatic rings. The summed E-state index contributed by atoms with van der Waals surface area (Å²) in [5.74, 6) is -0.144. The molecular formula is C16H22BrFN2. The van der Waals surface area contributed by atoms with Gasteiger partial charge in [0.2, 0.25) is 0 Å². The number of likely N-dealkylation sites (tertiary alicyclic amines) is 1. The quantitative estimate of drug-likeness (QED) is 0.772. The van der Waals surface area contributed by atoms with E-state index in [1.54, 1.807) is 12.1 Å². The summed E-state index contributed by atoms with van der Waals surface area (Å²) in [6.45, 7) is 4.69. The molecule has 2 saturated heterocycles. The molecule has 0 bridgehead atoms. The second kappa shape index (κ2) is 6.44. The van der Waals surface area contributed by atoms with E-state index in [1.165, 1.54) is 44.5 Å². The van der Waals surface area contributed by atoms with Crippen LogP contribution in [0.1, 0.15) is 31.2 Å². The number of benzene rings is 1. The van der Waals surface area contributed by atoms with Crippen LogP contribution in [0.15, 0.2) is 18.2 Å². The highest BCUT2D eigenvalue weighted by atomic mass is 79.9. The monoisotopic (exact) mass is 340 g/mol. The van der Waals surface area contributed by atoms with Crippen molar-refractivity contribution in [3.63, 3.8) is 0 Å². The predicted molar refractivity (Wildman–Crippen MR) is 85.1 cm³/mol. The lowest BCUT2D eigenvalue weighted by molar-refractivity contribution is 0.175. The summed E-state index contributed by atoms with van der Waals surface area (Å²) >= 11 is 3.48. The Kier molecular flexibility index (Phi) is 4.61. The fourth-order valence-electron chi connectivity index (χ4n) is 3.51. The first-order chi connectivity index (χ1) is 9.78. The van der Waals surface area contributed by atoms with E-state index in [-0.39, 0.29) is 5.82 Å². The summed E-state index contributed by atoms with van der Waals surface area (Å²) in [5, 5.41) is 0.713. The Labute approximate surface area is 129 Å². The normalized spacial score (nSPS) is 24.3. The molecule has 0 aromatic heterocycles. The molecule has 0 saturated carbocycles. The number of anilines is 1. The number of alkyl halides is 1.